The van der Waals surface area contributed by atoms with Gasteiger partial charge in [0.2, 0.25) is 5.91 Å². The minimum Gasteiger partial charge on any atom is -0.353 e. The van der Waals surface area contributed by atoms with Crippen LogP contribution in [-0.4, -0.2) is 38.0 Å². The van der Waals surface area contributed by atoms with Gasteiger partial charge in [-0.05, 0) is 18.0 Å². The van der Waals surface area contributed by atoms with Crippen LogP contribution in [0.25, 0.3) is 0 Å². The second-order valence-corrected chi connectivity index (χ2v) is 4.31. The van der Waals surface area contributed by atoms with E-state index in [2.05, 4.69) is 16.0 Å². The topological polar surface area (TPSA) is 70.2 Å². The summed E-state index contributed by atoms with van der Waals surface area (Å²) in [5.74, 6) is -0.380. The summed E-state index contributed by atoms with van der Waals surface area (Å²) in [6.07, 6.45) is 0. The molecule has 1 aromatic heterocycles. The van der Waals surface area contributed by atoms with Crippen LogP contribution < -0.4 is 16.0 Å². The second kappa shape index (κ2) is 7.81. The number of carbonyl (C=O) groups excluding carboxylic acids is 2. The Hall–Kier alpha value is -1.40. The summed E-state index contributed by atoms with van der Waals surface area (Å²) in [4.78, 5) is 23.4. The van der Waals surface area contributed by atoms with Crippen molar-refractivity contribution in [3.8, 4) is 0 Å². The molecule has 0 saturated heterocycles. The Morgan fingerprint density at radius 2 is 2.12 bits per heavy atom. The molecule has 0 saturated carbocycles. The predicted molar refractivity (Wildman–Crippen MR) is 68.2 cm³/mol. The van der Waals surface area contributed by atoms with Crippen molar-refractivity contribution in [1.29, 1.82) is 0 Å². The lowest BCUT2D eigenvalue weighted by Crippen LogP contribution is -2.39. The molecular formula is C11H17N3O2S. The van der Waals surface area contributed by atoms with E-state index in [-0.39, 0.29) is 18.4 Å². The fourth-order valence-corrected chi connectivity index (χ4v) is 1.83. The van der Waals surface area contributed by atoms with Gasteiger partial charge in [0.25, 0.3) is 5.91 Å². The molecule has 0 radical (unpaired) electrons. The molecule has 3 N–H and O–H groups in total. The Bertz CT molecular complexity index is 352. The summed E-state index contributed by atoms with van der Waals surface area (Å²) >= 11 is 1.35. The molecule has 0 spiro atoms. The molecule has 0 unspecified atom stereocenters. The summed E-state index contributed by atoms with van der Waals surface area (Å²) in [5, 5.41) is 10.2. The summed E-state index contributed by atoms with van der Waals surface area (Å²) in [7, 11) is 0. The van der Waals surface area contributed by atoms with Gasteiger partial charge in [-0.2, -0.15) is 0 Å². The van der Waals surface area contributed by atoms with Gasteiger partial charge in [-0.25, -0.2) is 0 Å². The molecule has 0 aliphatic carbocycles. The number of nitrogens with one attached hydrogen (secondary N) is 3. The molecule has 5 nitrogen and oxygen atoms in total. The third kappa shape index (κ3) is 5.46. The van der Waals surface area contributed by atoms with Crippen molar-refractivity contribution in [3.63, 3.8) is 0 Å². The molecule has 0 aliphatic heterocycles. The molecular weight excluding hydrogens is 238 g/mol. The first kappa shape index (κ1) is 13.7. The highest BCUT2D eigenvalue weighted by Crippen LogP contribution is 2.07. The van der Waals surface area contributed by atoms with E-state index in [1.807, 2.05) is 12.3 Å². The summed E-state index contributed by atoms with van der Waals surface area (Å²) in [5.41, 5.74) is 0. The van der Waals surface area contributed by atoms with Crippen molar-refractivity contribution >= 4 is 23.2 Å². The first-order chi connectivity index (χ1) is 8.24. The number of rotatable bonds is 7. The Morgan fingerprint density at radius 1 is 1.29 bits per heavy atom. The van der Waals surface area contributed by atoms with Crippen LogP contribution in [-0.2, 0) is 4.79 Å². The number of hydrogen-bond donors (Lipinski definition) is 3. The first-order valence-electron chi connectivity index (χ1n) is 5.53. The van der Waals surface area contributed by atoms with Gasteiger partial charge in [-0.15, -0.1) is 11.3 Å². The zero-order valence-corrected chi connectivity index (χ0v) is 10.6. The Morgan fingerprint density at radius 3 is 2.76 bits per heavy atom. The predicted octanol–water partition coefficient (Wildman–Crippen LogP) is 0.204. The highest BCUT2D eigenvalue weighted by molar-refractivity contribution is 7.12. The van der Waals surface area contributed by atoms with E-state index in [0.29, 0.717) is 11.4 Å². The van der Waals surface area contributed by atoms with Gasteiger partial charge < -0.3 is 16.0 Å². The minimum atomic E-state index is -0.207. The molecule has 0 fully saturated rings. The van der Waals surface area contributed by atoms with Gasteiger partial charge in [0, 0.05) is 13.1 Å². The molecule has 0 aromatic carbocycles. The maximum Gasteiger partial charge on any atom is 0.261 e. The van der Waals surface area contributed by atoms with E-state index in [1.165, 1.54) is 11.3 Å². The second-order valence-electron chi connectivity index (χ2n) is 3.36. The van der Waals surface area contributed by atoms with Gasteiger partial charge in [0.05, 0.1) is 11.4 Å². The molecule has 94 valence electrons. The number of likely N-dealkylation sites (N-methyl/N-ethyl adjacent to an activating group) is 1. The lowest BCUT2D eigenvalue weighted by Gasteiger charge is -2.06. The molecule has 2 amide bonds. The molecule has 0 aliphatic rings. The zero-order valence-electron chi connectivity index (χ0n) is 9.79. The molecule has 1 aromatic rings. The van der Waals surface area contributed by atoms with Crippen molar-refractivity contribution in [3.05, 3.63) is 22.4 Å². The van der Waals surface area contributed by atoms with E-state index in [9.17, 15) is 9.59 Å². The van der Waals surface area contributed by atoms with Crippen molar-refractivity contribution in [1.82, 2.24) is 16.0 Å². The molecule has 0 atom stereocenters. The molecule has 17 heavy (non-hydrogen) atoms. The highest BCUT2D eigenvalue weighted by atomic mass is 32.1. The summed E-state index contributed by atoms with van der Waals surface area (Å²) < 4.78 is 0. The fraction of sp³-hybridized carbons (Fsp3) is 0.455. The van der Waals surface area contributed by atoms with Gasteiger partial charge in [0.15, 0.2) is 0 Å². The van der Waals surface area contributed by atoms with Gasteiger partial charge >= 0.3 is 0 Å². The molecule has 1 heterocycles. The van der Waals surface area contributed by atoms with Crippen molar-refractivity contribution in [2.75, 3.05) is 26.2 Å². The normalized spacial score (nSPS) is 9.94. The zero-order chi connectivity index (χ0) is 12.5. The van der Waals surface area contributed by atoms with E-state index in [1.54, 1.807) is 12.1 Å². The van der Waals surface area contributed by atoms with E-state index in [0.717, 1.165) is 13.1 Å². The maximum atomic E-state index is 11.5. The average molecular weight is 255 g/mol. The van der Waals surface area contributed by atoms with Crippen molar-refractivity contribution < 1.29 is 9.59 Å². The lowest BCUT2D eigenvalue weighted by atomic mass is 10.4. The first-order valence-corrected chi connectivity index (χ1v) is 6.41. The van der Waals surface area contributed by atoms with E-state index in [4.69, 9.17) is 0 Å². The fourth-order valence-electron chi connectivity index (χ4n) is 1.19. The van der Waals surface area contributed by atoms with Crippen LogP contribution in [0.5, 0.6) is 0 Å². The SMILES string of the molecule is CCNCCNC(=O)CNC(=O)c1cccs1. The summed E-state index contributed by atoms with van der Waals surface area (Å²) in [6, 6.07) is 3.53. The molecule has 6 heteroatoms. The summed E-state index contributed by atoms with van der Waals surface area (Å²) in [6.45, 7) is 4.21. The van der Waals surface area contributed by atoms with Crippen LogP contribution in [0, 0.1) is 0 Å². The number of hydrogen-bond acceptors (Lipinski definition) is 4. The average Bonchev–Trinajstić information content (AvgIpc) is 2.85. The van der Waals surface area contributed by atoms with Crippen LogP contribution >= 0.6 is 11.3 Å². The van der Waals surface area contributed by atoms with E-state index >= 15 is 0 Å². The number of thiophene rings is 1. The van der Waals surface area contributed by atoms with E-state index < -0.39 is 0 Å². The van der Waals surface area contributed by atoms with Gasteiger partial charge in [-0.3, -0.25) is 9.59 Å². The largest absolute Gasteiger partial charge is 0.353 e. The van der Waals surface area contributed by atoms with Crippen LogP contribution in [0.3, 0.4) is 0 Å². The molecule has 1 rings (SSSR count). The third-order valence-electron chi connectivity index (χ3n) is 2.03. The van der Waals surface area contributed by atoms with Crippen molar-refractivity contribution in [2.45, 2.75) is 6.92 Å². The van der Waals surface area contributed by atoms with Crippen LogP contribution in [0.2, 0.25) is 0 Å². The minimum absolute atomic E-state index is 0.0167. The van der Waals surface area contributed by atoms with Crippen LogP contribution in [0.1, 0.15) is 16.6 Å². The third-order valence-corrected chi connectivity index (χ3v) is 2.90. The highest BCUT2D eigenvalue weighted by Gasteiger charge is 2.07. The lowest BCUT2D eigenvalue weighted by molar-refractivity contribution is -0.120. The number of carbonyl (C=O) groups is 2. The maximum absolute atomic E-state index is 11.5. The molecule has 0 bridgehead atoms. The Balaban J connectivity index is 2.13. The van der Waals surface area contributed by atoms with Gasteiger partial charge in [-0.1, -0.05) is 13.0 Å². The smallest absolute Gasteiger partial charge is 0.261 e. The standard InChI is InChI=1S/C11H17N3O2S/c1-2-12-5-6-13-10(15)8-14-11(16)9-4-3-7-17-9/h3-4,7,12H,2,5-6,8H2,1H3,(H,13,15)(H,14,16). The van der Waals surface area contributed by atoms with Crippen molar-refractivity contribution in [2.24, 2.45) is 0 Å². The van der Waals surface area contributed by atoms with Gasteiger partial charge in [0.1, 0.15) is 0 Å². The Kier molecular flexibility index (Phi) is 6.27. The Labute approximate surface area is 105 Å². The van der Waals surface area contributed by atoms with Crippen LogP contribution in [0.15, 0.2) is 17.5 Å². The quantitative estimate of drug-likeness (QED) is 0.610. The van der Waals surface area contributed by atoms with Crippen LogP contribution in [0.4, 0.5) is 0 Å². The number of amides is 2. The monoisotopic (exact) mass is 255 g/mol.